The number of nitrogens with zero attached hydrogens (tertiary/aromatic N) is 1. The summed E-state index contributed by atoms with van der Waals surface area (Å²) in [6, 6.07) is 6.02. The van der Waals surface area contributed by atoms with Gasteiger partial charge in [-0.2, -0.15) is 0 Å². The van der Waals surface area contributed by atoms with Crippen LogP contribution in [0.3, 0.4) is 0 Å². The first-order chi connectivity index (χ1) is 11.1. The van der Waals surface area contributed by atoms with Crippen molar-refractivity contribution in [2.24, 2.45) is 0 Å². The number of ketones is 1. The maximum Gasteiger partial charge on any atom is 0.223 e. The Labute approximate surface area is 137 Å². The number of amides is 1. The van der Waals surface area contributed by atoms with Crippen molar-refractivity contribution in [1.29, 1.82) is 0 Å². The monoisotopic (exact) mass is 315 g/mol. The molecule has 0 spiro atoms. The molecule has 1 aliphatic heterocycles. The highest BCUT2D eigenvalue weighted by Gasteiger charge is 2.22. The summed E-state index contributed by atoms with van der Waals surface area (Å²) in [5, 5.41) is 9.48. The van der Waals surface area contributed by atoms with Crippen LogP contribution in [0.25, 0.3) is 0 Å². The summed E-state index contributed by atoms with van der Waals surface area (Å²) in [6.07, 6.45) is 6.16. The second-order valence-corrected chi connectivity index (χ2v) is 6.73. The molecule has 0 saturated carbocycles. The van der Waals surface area contributed by atoms with E-state index in [9.17, 15) is 14.7 Å². The Bertz CT molecular complexity index is 588. The van der Waals surface area contributed by atoms with Gasteiger partial charge in [0, 0.05) is 31.5 Å². The number of piperidine rings is 1. The van der Waals surface area contributed by atoms with Crippen molar-refractivity contribution in [3.8, 4) is 0 Å². The summed E-state index contributed by atoms with van der Waals surface area (Å²) >= 11 is 0. The number of likely N-dealkylation sites (tertiary alicyclic amines) is 1. The summed E-state index contributed by atoms with van der Waals surface area (Å²) in [6.45, 7) is 1.21. The molecule has 0 aromatic heterocycles. The maximum absolute atomic E-state index is 12.4. The summed E-state index contributed by atoms with van der Waals surface area (Å²) < 4.78 is 0. The Kier molecular flexibility index (Phi) is 5.11. The minimum absolute atomic E-state index is 0.0308. The Balaban J connectivity index is 1.54. The fourth-order valence-corrected chi connectivity index (χ4v) is 3.55. The molecular weight excluding hydrogens is 290 g/mol. The average molecular weight is 315 g/mol. The van der Waals surface area contributed by atoms with Crippen molar-refractivity contribution in [1.82, 2.24) is 4.90 Å². The van der Waals surface area contributed by atoms with Gasteiger partial charge in [-0.1, -0.05) is 12.1 Å². The highest BCUT2D eigenvalue weighted by atomic mass is 16.3. The quantitative estimate of drug-likeness (QED) is 0.869. The van der Waals surface area contributed by atoms with Gasteiger partial charge in [-0.25, -0.2) is 0 Å². The number of hydrogen-bond donors (Lipinski definition) is 1. The Morgan fingerprint density at radius 2 is 1.74 bits per heavy atom. The lowest BCUT2D eigenvalue weighted by Crippen LogP contribution is -2.40. The maximum atomic E-state index is 12.4. The van der Waals surface area contributed by atoms with Crippen LogP contribution in [0.15, 0.2) is 18.2 Å². The van der Waals surface area contributed by atoms with Gasteiger partial charge in [0.25, 0.3) is 0 Å². The van der Waals surface area contributed by atoms with Crippen molar-refractivity contribution in [2.75, 3.05) is 13.1 Å². The fourth-order valence-electron chi connectivity index (χ4n) is 3.55. The van der Waals surface area contributed by atoms with Crippen LogP contribution in [0.4, 0.5) is 0 Å². The van der Waals surface area contributed by atoms with Gasteiger partial charge >= 0.3 is 0 Å². The van der Waals surface area contributed by atoms with Gasteiger partial charge in [0.05, 0.1) is 6.10 Å². The molecule has 124 valence electrons. The summed E-state index contributed by atoms with van der Waals surface area (Å²) in [5.41, 5.74) is 3.42. The molecule has 1 aromatic carbocycles. The number of aliphatic hydroxyl groups is 1. The minimum atomic E-state index is -0.281. The van der Waals surface area contributed by atoms with Crippen molar-refractivity contribution in [3.63, 3.8) is 0 Å². The van der Waals surface area contributed by atoms with Crippen molar-refractivity contribution in [3.05, 3.63) is 34.9 Å². The highest BCUT2D eigenvalue weighted by molar-refractivity contribution is 5.98. The second kappa shape index (κ2) is 7.26. The van der Waals surface area contributed by atoms with E-state index in [1.807, 2.05) is 12.1 Å². The third-order valence-electron chi connectivity index (χ3n) is 5.05. The molecular formula is C19H25NO3. The van der Waals surface area contributed by atoms with E-state index in [1.54, 1.807) is 4.90 Å². The lowest BCUT2D eigenvalue weighted by molar-refractivity contribution is -0.133. The van der Waals surface area contributed by atoms with E-state index in [2.05, 4.69) is 6.07 Å². The third-order valence-corrected chi connectivity index (χ3v) is 5.05. The molecule has 0 bridgehead atoms. The first kappa shape index (κ1) is 16.2. The zero-order chi connectivity index (χ0) is 16.2. The number of benzene rings is 1. The van der Waals surface area contributed by atoms with Gasteiger partial charge in [0.2, 0.25) is 5.91 Å². The van der Waals surface area contributed by atoms with Gasteiger partial charge in [-0.3, -0.25) is 9.59 Å². The number of rotatable bonds is 4. The van der Waals surface area contributed by atoms with Gasteiger partial charge in [-0.05, 0) is 55.7 Å². The first-order valence-corrected chi connectivity index (χ1v) is 8.74. The molecule has 1 saturated heterocycles. The molecule has 1 N–H and O–H groups in total. The molecule has 23 heavy (non-hydrogen) atoms. The van der Waals surface area contributed by atoms with Crippen LogP contribution in [0.2, 0.25) is 0 Å². The molecule has 4 nitrogen and oxygen atoms in total. The lowest BCUT2D eigenvalue weighted by Gasteiger charge is -2.29. The van der Waals surface area contributed by atoms with E-state index in [1.165, 1.54) is 24.0 Å². The number of hydrogen-bond acceptors (Lipinski definition) is 3. The Morgan fingerprint density at radius 3 is 2.48 bits per heavy atom. The van der Waals surface area contributed by atoms with Gasteiger partial charge in [0.15, 0.2) is 5.78 Å². The average Bonchev–Trinajstić information content (AvgIpc) is 2.59. The van der Waals surface area contributed by atoms with Crippen molar-refractivity contribution >= 4 is 11.7 Å². The van der Waals surface area contributed by atoms with Gasteiger partial charge < -0.3 is 10.0 Å². The van der Waals surface area contributed by atoms with E-state index in [0.29, 0.717) is 25.9 Å². The number of carbonyl (C=O) groups excluding carboxylic acids is 2. The third kappa shape index (κ3) is 3.99. The van der Waals surface area contributed by atoms with E-state index in [0.717, 1.165) is 18.4 Å². The number of fused-ring (bicyclic) bond motifs is 1. The van der Waals surface area contributed by atoms with E-state index in [-0.39, 0.29) is 30.6 Å². The van der Waals surface area contributed by atoms with E-state index in [4.69, 9.17) is 0 Å². The molecule has 2 aliphatic rings. The second-order valence-electron chi connectivity index (χ2n) is 6.73. The standard InChI is InChI=1S/C19H25NO3/c21-17-9-11-20(12-10-17)19(23)8-7-18(22)16-6-5-14-3-1-2-4-15(14)13-16/h5-6,13,17,21H,1-4,7-12H2. The van der Waals surface area contributed by atoms with Crippen LogP contribution >= 0.6 is 0 Å². The predicted octanol–water partition coefficient (Wildman–Crippen LogP) is 2.51. The van der Waals surface area contributed by atoms with Crippen LogP contribution < -0.4 is 0 Å². The molecule has 3 rings (SSSR count). The molecule has 1 amide bonds. The largest absolute Gasteiger partial charge is 0.393 e. The summed E-state index contributed by atoms with van der Waals surface area (Å²) in [5.74, 6) is 0.0898. The zero-order valence-corrected chi connectivity index (χ0v) is 13.6. The number of aryl methyl sites for hydroxylation is 2. The highest BCUT2D eigenvalue weighted by Crippen LogP contribution is 2.23. The molecule has 1 aliphatic carbocycles. The van der Waals surface area contributed by atoms with Crippen LogP contribution in [0.1, 0.15) is 60.0 Å². The van der Waals surface area contributed by atoms with Crippen molar-refractivity contribution in [2.45, 2.75) is 57.5 Å². The number of aliphatic hydroxyl groups excluding tert-OH is 1. The van der Waals surface area contributed by atoms with Gasteiger partial charge in [0.1, 0.15) is 0 Å². The number of carbonyl (C=O) groups is 2. The van der Waals surface area contributed by atoms with Crippen LogP contribution in [-0.2, 0) is 17.6 Å². The Morgan fingerprint density at radius 1 is 1.04 bits per heavy atom. The molecule has 0 unspecified atom stereocenters. The first-order valence-electron chi connectivity index (χ1n) is 8.74. The molecule has 4 heteroatoms. The van der Waals surface area contributed by atoms with Crippen molar-refractivity contribution < 1.29 is 14.7 Å². The number of Topliss-reactive ketones (excluding diaryl/α,β-unsaturated/α-hetero) is 1. The molecule has 0 radical (unpaired) electrons. The summed E-state index contributed by atoms with van der Waals surface area (Å²) in [4.78, 5) is 26.3. The lowest BCUT2D eigenvalue weighted by atomic mass is 9.89. The molecule has 1 fully saturated rings. The minimum Gasteiger partial charge on any atom is -0.393 e. The van der Waals surface area contributed by atoms with Crippen LogP contribution in [0.5, 0.6) is 0 Å². The fraction of sp³-hybridized carbons (Fsp3) is 0.579. The Hall–Kier alpha value is -1.68. The predicted molar refractivity (Wildman–Crippen MR) is 88.5 cm³/mol. The normalized spacial score (nSPS) is 18.6. The van der Waals surface area contributed by atoms with Crippen LogP contribution in [-0.4, -0.2) is 40.9 Å². The summed E-state index contributed by atoms with van der Waals surface area (Å²) in [7, 11) is 0. The molecule has 1 heterocycles. The smallest absolute Gasteiger partial charge is 0.223 e. The SMILES string of the molecule is O=C(CCC(=O)N1CCC(O)CC1)c1ccc2c(c1)CCCC2. The molecule has 1 aromatic rings. The van der Waals surface area contributed by atoms with E-state index < -0.39 is 0 Å². The zero-order valence-electron chi connectivity index (χ0n) is 13.6. The van der Waals surface area contributed by atoms with Crippen LogP contribution in [0, 0.1) is 0 Å². The molecule has 0 atom stereocenters. The topological polar surface area (TPSA) is 57.6 Å². The van der Waals surface area contributed by atoms with E-state index >= 15 is 0 Å². The van der Waals surface area contributed by atoms with Gasteiger partial charge in [-0.15, -0.1) is 0 Å².